The first-order valence-corrected chi connectivity index (χ1v) is 6.70. The van der Waals surface area contributed by atoms with Gasteiger partial charge in [0.05, 0.1) is 0 Å². The summed E-state index contributed by atoms with van der Waals surface area (Å²) < 4.78 is 6.16. The third kappa shape index (κ3) is 3.89. The summed E-state index contributed by atoms with van der Waals surface area (Å²) in [5.41, 5.74) is 1.03. The Bertz CT molecular complexity index is 211. The van der Waals surface area contributed by atoms with Crippen molar-refractivity contribution < 1.29 is 4.74 Å². The Morgan fingerprint density at radius 1 is 1.19 bits per heavy atom. The molecule has 0 radical (unpaired) electrons. The van der Waals surface area contributed by atoms with E-state index in [0.29, 0.717) is 5.92 Å². The molecule has 0 amide bonds. The van der Waals surface area contributed by atoms with Crippen LogP contribution in [0, 0.1) is 5.92 Å². The van der Waals surface area contributed by atoms with Gasteiger partial charge in [-0.05, 0) is 32.6 Å². The van der Waals surface area contributed by atoms with Crippen molar-refractivity contribution in [1.82, 2.24) is 0 Å². The molecule has 0 spiro atoms. The summed E-state index contributed by atoms with van der Waals surface area (Å²) in [5, 5.41) is 0. The minimum atomic E-state index is -0.138. The second-order valence-electron chi connectivity index (χ2n) is 4.70. The molecule has 0 saturated heterocycles. The molecule has 0 saturated carbocycles. The SMILES string of the molecule is CCCOC(CCC)(C(C)=NCC)C(C)C. The van der Waals surface area contributed by atoms with Crippen LogP contribution in [0.15, 0.2) is 4.99 Å². The molecule has 2 heteroatoms. The predicted molar refractivity (Wildman–Crippen MR) is 72.4 cm³/mol. The van der Waals surface area contributed by atoms with Gasteiger partial charge < -0.3 is 4.74 Å². The van der Waals surface area contributed by atoms with E-state index in [1.54, 1.807) is 0 Å². The fourth-order valence-electron chi connectivity index (χ4n) is 2.26. The van der Waals surface area contributed by atoms with Gasteiger partial charge in [-0.25, -0.2) is 0 Å². The Labute approximate surface area is 101 Å². The molecule has 0 aliphatic heterocycles. The second-order valence-corrected chi connectivity index (χ2v) is 4.70. The average Bonchev–Trinajstić information content (AvgIpc) is 2.24. The summed E-state index contributed by atoms with van der Waals surface area (Å²) >= 11 is 0. The lowest BCUT2D eigenvalue weighted by Gasteiger charge is -2.38. The molecule has 0 heterocycles. The predicted octanol–water partition coefficient (Wildman–Crippen LogP) is 4.09. The molecule has 1 atom stereocenters. The highest BCUT2D eigenvalue weighted by atomic mass is 16.5. The van der Waals surface area contributed by atoms with Gasteiger partial charge in [0, 0.05) is 18.9 Å². The van der Waals surface area contributed by atoms with Crippen molar-refractivity contribution in [2.75, 3.05) is 13.2 Å². The molecule has 1 unspecified atom stereocenters. The average molecular weight is 227 g/mol. The smallest absolute Gasteiger partial charge is 0.108 e. The number of aliphatic imine (C=N–C) groups is 1. The van der Waals surface area contributed by atoms with Crippen LogP contribution in [0.2, 0.25) is 0 Å². The number of hydrogen-bond donors (Lipinski definition) is 0. The van der Waals surface area contributed by atoms with Crippen LogP contribution in [0.25, 0.3) is 0 Å². The summed E-state index contributed by atoms with van der Waals surface area (Å²) in [6.07, 6.45) is 3.27. The zero-order valence-corrected chi connectivity index (χ0v) is 12.0. The lowest BCUT2D eigenvalue weighted by Crippen LogP contribution is -2.45. The summed E-state index contributed by atoms with van der Waals surface area (Å²) in [5.74, 6) is 0.481. The monoisotopic (exact) mass is 227 g/mol. The number of hydrogen-bond acceptors (Lipinski definition) is 2. The van der Waals surface area contributed by atoms with Crippen molar-refractivity contribution in [1.29, 1.82) is 0 Å². The maximum Gasteiger partial charge on any atom is 0.108 e. The van der Waals surface area contributed by atoms with E-state index in [1.807, 2.05) is 0 Å². The highest BCUT2D eigenvalue weighted by Crippen LogP contribution is 2.29. The largest absolute Gasteiger partial charge is 0.369 e. The van der Waals surface area contributed by atoms with Crippen molar-refractivity contribution >= 4 is 5.71 Å². The van der Waals surface area contributed by atoms with Gasteiger partial charge >= 0.3 is 0 Å². The van der Waals surface area contributed by atoms with E-state index in [4.69, 9.17) is 4.74 Å². The van der Waals surface area contributed by atoms with Crippen molar-refractivity contribution in [2.24, 2.45) is 10.9 Å². The Balaban J connectivity index is 4.99. The van der Waals surface area contributed by atoms with E-state index >= 15 is 0 Å². The summed E-state index contributed by atoms with van der Waals surface area (Å²) in [6, 6.07) is 0. The molecule has 0 aromatic rings. The van der Waals surface area contributed by atoms with Gasteiger partial charge in [-0.15, -0.1) is 0 Å². The molecule has 0 N–H and O–H groups in total. The van der Waals surface area contributed by atoms with Gasteiger partial charge in [-0.3, -0.25) is 4.99 Å². The highest BCUT2D eigenvalue weighted by Gasteiger charge is 2.36. The van der Waals surface area contributed by atoms with Gasteiger partial charge in [0.2, 0.25) is 0 Å². The van der Waals surface area contributed by atoms with Crippen LogP contribution in [0.3, 0.4) is 0 Å². The van der Waals surface area contributed by atoms with Crippen molar-refractivity contribution in [3.8, 4) is 0 Å². The first-order chi connectivity index (χ1) is 7.55. The van der Waals surface area contributed by atoms with Gasteiger partial charge in [0.25, 0.3) is 0 Å². The Kier molecular flexibility index (Phi) is 7.65. The van der Waals surface area contributed by atoms with Crippen LogP contribution in [-0.4, -0.2) is 24.5 Å². The van der Waals surface area contributed by atoms with E-state index in [1.165, 1.54) is 5.71 Å². The third-order valence-corrected chi connectivity index (χ3v) is 3.13. The number of ether oxygens (including phenoxy) is 1. The number of nitrogens with zero attached hydrogens (tertiary/aromatic N) is 1. The summed E-state index contributed by atoms with van der Waals surface area (Å²) in [4.78, 5) is 4.58. The molecule has 0 bridgehead atoms. The fraction of sp³-hybridized carbons (Fsp3) is 0.929. The normalized spacial score (nSPS) is 16.6. The van der Waals surface area contributed by atoms with E-state index in [2.05, 4.69) is 46.5 Å². The molecule has 16 heavy (non-hydrogen) atoms. The molecule has 0 aromatic carbocycles. The first-order valence-electron chi connectivity index (χ1n) is 6.70. The summed E-state index contributed by atoms with van der Waals surface area (Å²) in [6.45, 7) is 14.7. The molecular formula is C14H29NO. The van der Waals surface area contributed by atoms with Gasteiger partial charge in [-0.1, -0.05) is 34.1 Å². The van der Waals surface area contributed by atoms with Crippen LogP contribution < -0.4 is 0 Å². The Morgan fingerprint density at radius 3 is 2.19 bits per heavy atom. The zero-order chi connectivity index (χ0) is 12.6. The van der Waals surface area contributed by atoms with Crippen LogP contribution in [-0.2, 0) is 4.74 Å². The van der Waals surface area contributed by atoms with Crippen molar-refractivity contribution in [3.05, 3.63) is 0 Å². The molecule has 0 rings (SSSR count). The summed E-state index contributed by atoms with van der Waals surface area (Å²) in [7, 11) is 0. The molecule has 0 aromatic heterocycles. The van der Waals surface area contributed by atoms with Crippen LogP contribution in [0.1, 0.15) is 60.8 Å². The first kappa shape index (κ1) is 15.6. The number of rotatable bonds is 8. The molecule has 0 aliphatic carbocycles. The van der Waals surface area contributed by atoms with Crippen LogP contribution >= 0.6 is 0 Å². The van der Waals surface area contributed by atoms with Crippen molar-refractivity contribution in [2.45, 2.75) is 66.4 Å². The standard InChI is InChI=1S/C14H29NO/c1-7-10-14(12(4)5,16-11-8-2)13(6)15-9-3/h12H,7-11H2,1-6H3. The maximum absolute atomic E-state index is 6.16. The molecular weight excluding hydrogens is 198 g/mol. The maximum atomic E-state index is 6.16. The quantitative estimate of drug-likeness (QED) is 0.572. The molecule has 0 aliphatic rings. The van der Waals surface area contributed by atoms with Crippen molar-refractivity contribution in [3.63, 3.8) is 0 Å². The Hall–Kier alpha value is -0.370. The minimum Gasteiger partial charge on any atom is -0.369 e. The third-order valence-electron chi connectivity index (χ3n) is 3.13. The second kappa shape index (κ2) is 7.83. The highest BCUT2D eigenvalue weighted by molar-refractivity contribution is 5.90. The lowest BCUT2D eigenvalue weighted by atomic mass is 9.82. The Morgan fingerprint density at radius 2 is 1.81 bits per heavy atom. The van der Waals surface area contributed by atoms with Gasteiger partial charge in [0.15, 0.2) is 0 Å². The molecule has 2 nitrogen and oxygen atoms in total. The molecule has 96 valence electrons. The zero-order valence-electron chi connectivity index (χ0n) is 12.0. The van der Waals surface area contributed by atoms with Crippen LogP contribution in [0.4, 0.5) is 0 Å². The van der Waals surface area contributed by atoms with E-state index in [9.17, 15) is 0 Å². The topological polar surface area (TPSA) is 21.6 Å². The van der Waals surface area contributed by atoms with E-state index in [0.717, 1.165) is 32.4 Å². The van der Waals surface area contributed by atoms with Gasteiger partial charge in [-0.2, -0.15) is 0 Å². The minimum absolute atomic E-state index is 0.138. The van der Waals surface area contributed by atoms with Crippen LogP contribution in [0.5, 0.6) is 0 Å². The fourth-order valence-corrected chi connectivity index (χ4v) is 2.26. The van der Waals surface area contributed by atoms with Gasteiger partial charge in [0.1, 0.15) is 5.60 Å². The lowest BCUT2D eigenvalue weighted by molar-refractivity contribution is -0.0317. The molecule has 0 fully saturated rings. The van der Waals surface area contributed by atoms with E-state index in [-0.39, 0.29) is 5.60 Å². The van der Waals surface area contributed by atoms with E-state index < -0.39 is 0 Å².